The van der Waals surface area contributed by atoms with Crippen LogP contribution in [0, 0.1) is 0 Å². The van der Waals surface area contributed by atoms with Crippen molar-refractivity contribution in [2.45, 2.75) is 12.8 Å². The van der Waals surface area contributed by atoms with Gasteiger partial charge in [0.1, 0.15) is 0 Å². The fourth-order valence-corrected chi connectivity index (χ4v) is 1.68. The Morgan fingerprint density at radius 3 is 2.78 bits per heavy atom. The third-order valence-electron chi connectivity index (χ3n) is 1.34. The molecule has 0 aromatic heterocycles. The van der Waals surface area contributed by atoms with E-state index >= 15 is 0 Å². The standard InChI is InChI=1S/C6H14N2S/c1-2-5-9-6-4-8-7-3-1/h7-8H,1-6H2. The van der Waals surface area contributed by atoms with Crippen LogP contribution in [0.2, 0.25) is 0 Å². The minimum atomic E-state index is 1.10. The highest BCUT2D eigenvalue weighted by molar-refractivity contribution is 7.99. The van der Waals surface area contributed by atoms with Gasteiger partial charge in [-0.05, 0) is 18.6 Å². The Morgan fingerprint density at radius 1 is 0.889 bits per heavy atom. The van der Waals surface area contributed by atoms with Crippen LogP contribution in [-0.4, -0.2) is 24.6 Å². The van der Waals surface area contributed by atoms with E-state index in [1.54, 1.807) is 0 Å². The Hall–Kier alpha value is 0.270. The molecule has 0 radical (unpaired) electrons. The van der Waals surface area contributed by atoms with E-state index < -0.39 is 0 Å². The molecular weight excluding hydrogens is 132 g/mol. The molecule has 1 heterocycles. The molecule has 0 unspecified atom stereocenters. The summed E-state index contributed by atoms with van der Waals surface area (Å²) in [5, 5.41) is 0. The lowest BCUT2D eigenvalue weighted by molar-refractivity contribution is 0.541. The van der Waals surface area contributed by atoms with Gasteiger partial charge in [0.05, 0.1) is 0 Å². The van der Waals surface area contributed by atoms with E-state index in [0.29, 0.717) is 0 Å². The number of hydrazine groups is 1. The van der Waals surface area contributed by atoms with Crippen LogP contribution in [0.5, 0.6) is 0 Å². The summed E-state index contributed by atoms with van der Waals surface area (Å²) in [6.45, 7) is 2.23. The Bertz CT molecular complexity index is 39.5. The number of rotatable bonds is 0. The lowest BCUT2D eigenvalue weighted by Crippen LogP contribution is -2.33. The normalized spacial score (nSPS) is 24.0. The van der Waals surface area contributed by atoms with E-state index in [0.717, 1.165) is 13.1 Å². The molecule has 1 aliphatic rings. The SMILES string of the molecule is C1CCSCCNNC1. The molecule has 0 saturated carbocycles. The van der Waals surface area contributed by atoms with Gasteiger partial charge >= 0.3 is 0 Å². The summed E-state index contributed by atoms with van der Waals surface area (Å²) >= 11 is 2.04. The fraction of sp³-hybridized carbons (Fsp3) is 1.00. The monoisotopic (exact) mass is 146 g/mol. The maximum atomic E-state index is 3.16. The lowest BCUT2D eigenvalue weighted by atomic mass is 10.3. The van der Waals surface area contributed by atoms with Crippen LogP contribution >= 0.6 is 11.8 Å². The van der Waals surface area contributed by atoms with Crippen molar-refractivity contribution in [1.29, 1.82) is 0 Å². The highest BCUT2D eigenvalue weighted by atomic mass is 32.2. The van der Waals surface area contributed by atoms with Crippen LogP contribution in [0.3, 0.4) is 0 Å². The third-order valence-corrected chi connectivity index (χ3v) is 2.41. The van der Waals surface area contributed by atoms with Gasteiger partial charge in [0, 0.05) is 18.8 Å². The molecule has 54 valence electrons. The molecule has 0 aromatic carbocycles. The van der Waals surface area contributed by atoms with Crippen LogP contribution in [0.25, 0.3) is 0 Å². The predicted molar refractivity (Wildman–Crippen MR) is 42.6 cm³/mol. The number of thioether (sulfide) groups is 1. The Labute approximate surface area is 60.8 Å². The summed E-state index contributed by atoms with van der Waals surface area (Å²) < 4.78 is 0. The molecule has 0 spiro atoms. The fourth-order valence-electron chi connectivity index (χ4n) is 0.820. The highest BCUT2D eigenvalue weighted by Gasteiger charge is 1.93. The molecule has 1 aliphatic heterocycles. The number of nitrogens with one attached hydrogen (secondary N) is 2. The maximum absolute atomic E-state index is 3.16. The van der Waals surface area contributed by atoms with Crippen LogP contribution < -0.4 is 10.9 Å². The molecule has 1 rings (SSSR count). The van der Waals surface area contributed by atoms with Gasteiger partial charge < -0.3 is 0 Å². The first kappa shape index (κ1) is 7.38. The summed E-state index contributed by atoms with van der Waals surface area (Å²) in [7, 11) is 0. The second kappa shape index (κ2) is 5.09. The molecule has 0 aliphatic carbocycles. The van der Waals surface area contributed by atoms with Crippen LogP contribution in [0.15, 0.2) is 0 Å². The van der Waals surface area contributed by atoms with E-state index in [1.165, 1.54) is 24.3 Å². The topological polar surface area (TPSA) is 24.1 Å². The Balaban J connectivity index is 2.02. The van der Waals surface area contributed by atoms with Crippen LogP contribution in [0.4, 0.5) is 0 Å². The molecule has 9 heavy (non-hydrogen) atoms. The van der Waals surface area contributed by atoms with Crippen molar-refractivity contribution in [2.24, 2.45) is 0 Å². The summed E-state index contributed by atoms with van der Waals surface area (Å²) in [4.78, 5) is 0. The summed E-state index contributed by atoms with van der Waals surface area (Å²) in [5.74, 6) is 2.58. The minimum absolute atomic E-state index is 1.10. The molecule has 0 bridgehead atoms. The van der Waals surface area contributed by atoms with Gasteiger partial charge in [-0.1, -0.05) is 0 Å². The van der Waals surface area contributed by atoms with Gasteiger partial charge in [-0.2, -0.15) is 11.8 Å². The van der Waals surface area contributed by atoms with Gasteiger partial charge in [-0.15, -0.1) is 0 Å². The predicted octanol–water partition coefficient (Wildman–Crippen LogP) is 0.608. The minimum Gasteiger partial charge on any atom is -0.258 e. The third kappa shape index (κ3) is 3.78. The summed E-state index contributed by atoms with van der Waals surface area (Å²) in [6.07, 6.45) is 2.67. The molecule has 1 fully saturated rings. The first-order valence-corrected chi connectivity index (χ1v) is 4.69. The summed E-state index contributed by atoms with van der Waals surface area (Å²) in [6, 6.07) is 0. The van der Waals surface area contributed by atoms with Crippen molar-refractivity contribution in [3.8, 4) is 0 Å². The Morgan fingerprint density at radius 2 is 1.78 bits per heavy atom. The molecule has 2 nitrogen and oxygen atoms in total. The molecule has 0 aromatic rings. The maximum Gasteiger partial charge on any atom is 0.0191 e. The molecule has 0 amide bonds. The number of hydrogen-bond donors (Lipinski definition) is 2. The van der Waals surface area contributed by atoms with Gasteiger partial charge in [-0.25, -0.2) is 0 Å². The zero-order valence-corrected chi connectivity index (χ0v) is 6.47. The zero-order chi connectivity index (χ0) is 6.36. The second-order valence-corrected chi connectivity index (χ2v) is 3.40. The van der Waals surface area contributed by atoms with E-state index in [9.17, 15) is 0 Å². The van der Waals surface area contributed by atoms with Crippen molar-refractivity contribution in [3.05, 3.63) is 0 Å². The van der Waals surface area contributed by atoms with Gasteiger partial charge in [-0.3, -0.25) is 10.9 Å². The Kier molecular flexibility index (Phi) is 4.17. The smallest absolute Gasteiger partial charge is 0.0191 e. The molecule has 3 heteroatoms. The van der Waals surface area contributed by atoms with Crippen molar-refractivity contribution >= 4 is 11.8 Å². The quantitative estimate of drug-likeness (QED) is 0.523. The second-order valence-electron chi connectivity index (χ2n) is 2.17. The average molecular weight is 146 g/mol. The van der Waals surface area contributed by atoms with E-state index in [2.05, 4.69) is 10.9 Å². The van der Waals surface area contributed by atoms with Crippen molar-refractivity contribution in [2.75, 3.05) is 24.6 Å². The van der Waals surface area contributed by atoms with Crippen molar-refractivity contribution in [1.82, 2.24) is 10.9 Å². The van der Waals surface area contributed by atoms with Crippen LogP contribution in [-0.2, 0) is 0 Å². The zero-order valence-electron chi connectivity index (χ0n) is 5.65. The van der Waals surface area contributed by atoms with E-state index in [-0.39, 0.29) is 0 Å². The molecule has 0 atom stereocenters. The first-order valence-electron chi connectivity index (χ1n) is 3.53. The van der Waals surface area contributed by atoms with Gasteiger partial charge in [0.25, 0.3) is 0 Å². The first-order chi connectivity index (χ1) is 4.50. The molecule has 2 N–H and O–H groups in total. The van der Waals surface area contributed by atoms with E-state index in [1.807, 2.05) is 11.8 Å². The lowest BCUT2D eigenvalue weighted by Gasteiger charge is -2.00. The van der Waals surface area contributed by atoms with Crippen molar-refractivity contribution < 1.29 is 0 Å². The molecular formula is C6H14N2S. The number of hydrogen-bond acceptors (Lipinski definition) is 3. The highest BCUT2D eigenvalue weighted by Crippen LogP contribution is 2.03. The van der Waals surface area contributed by atoms with Crippen LogP contribution in [0.1, 0.15) is 12.8 Å². The van der Waals surface area contributed by atoms with Gasteiger partial charge in [0.15, 0.2) is 0 Å². The van der Waals surface area contributed by atoms with Crippen molar-refractivity contribution in [3.63, 3.8) is 0 Å². The largest absolute Gasteiger partial charge is 0.258 e. The van der Waals surface area contributed by atoms with Gasteiger partial charge in [0.2, 0.25) is 0 Å². The summed E-state index contributed by atoms with van der Waals surface area (Å²) in [5.41, 5.74) is 6.32. The molecule has 1 saturated heterocycles. The van der Waals surface area contributed by atoms with E-state index in [4.69, 9.17) is 0 Å². The average Bonchev–Trinajstić information content (AvgIpc) is 2.00.